The van der Waals surface area contributed by atoms with Crippen molar-refractivity contribution in [2.45, 2.75) is 20.4 Å². The van der Waals surface area contributed by atoms with Gasteiger partial charge in [0.25, 0.3) is 0 Å². The lowest BCUT2D eigenvalue weighted by molar-refractivity contribution is 0.0797. The average molecular weight is 282 g/mol. The third-order valence-corrected chi connectivity index (χ3v) is 2.89. The van der Waals surface area contributed by atoms with Gasteiger partial charge in [0.2, 0.25) is 0 Å². The molecule has 20 heavy (non-hydrogen) atoms. The maximum atomic E-state index is 5.42. The van der Waals surface area contributed by atoms with E-state index in [0.717, 1.165) is 51.6 Å². The van der Waals surface area contributed by atoms with Crippen molar-refractivity contribution in [3.8, 4) is 0 Å². The number of pyridine rings is 1. The third kappa shape index (κ3) is 6.81. The van der Waals surface area contributed by atoms with E-state index < -0.39 is 0 Å². The summed E-state index contributed by atoms with van der Waals surface area (Å²) in [6, 6.07) is 3.90. The number of hydrazine groups is 1. The number of aromatic nitrogens is 1. The predicted molar refractivity (Wildman–Crippen MR) is 80.3 cm³/mol. The summed E-state index contributed by atoms with van der Waals surface area (Å²) >= 11 is 0. The molecular formula is C14H26N4O2. The summed E-state index contributed by atoms with van der Waals surface area (Å²) < 4.78 is 10.8. The maximum Gasteiger partial charge on any atom is 0.139 e. The van der Waals surface area contributed by atoms with Crippen LogP contribution < -0.4 is 11.3 Å². The first-order valence-electron chi connectivity index (χ1n) is 7.09. The molecular weight excluding hydrogens is 256 g/mol. The van der Waals surface area contributed by atoms with Crippen LogP contribution in [0.2, 0.25) is 0 Å². The number of rotatable bonds is 11. The van der Waals surface area contributed by atoms with E-state index in [4.69, 9.17) is 15.3 Å². The molecule has 0 bridgehead atoms. The van der Waals surface area contributed by atoms with Crippen molar-refractivity contribution in [3.63, 3.8) is 0 Å². The molecule has 1 heterocycles. The molecule has 1 aromatic rings. The summed E-state index contributed by atoms with van der Waals surface area (Å²) in [5.74, 6) is 5.98. The topological polar surface area (TPSA) is 72.6 Å². The lowest BCUT2D eigenvalue weighted by Gasteiger charge is -2.22. The second-order valence-corrected chi connectivity index (χ2v) is 4.37. The molecule has 0 aliphatic heterocycles. The van der Waals surface area contributed by atoms with Gasteiger partial charge in [0.15, 0.2) is 0 Å². The second kappa shape index (κ2) is 10.6. The highest BCUT2D eigenvalue weighted by Crippen LogP contribution is 2.07. The van der Waals surface area contributed by atoms with Crippen molar-refractivity contribution >= 4 is 5.82 Å². The first kappa shape index (κ1) is 16.8. The van der Waals surface area contributed by atoms with Crippen LogP contribution in [0.3, 0.4) is 0 Å². The molecule has 0 amide bonds. The van der Waals surface area contributed by atoms with Gasteiger partial charge in [-0.25, -0.2) is 10.8 Å². The van der Waals surface area contributed by atoms with E-state index >= 15 is 0 Å². The SMILES string of the molecule is CCOCCN(CCOCC)Cc1ccc(NN)nc1. The van der Waals surface area contributed by atoms with Crippen LogP contribution in [0.25, 0.3) is 0 Å². The second-order valence-electron chi connectivity index (χ2n) is 4.37. The summed E-state index contributed by atoms with van der Waals surface area (Å²) in [4.78, 5) is 6.52. The van der Waals surface area contributed by atoms with E-state index in [1.54, 1.807) is 0 Å². The Morgan fingerprint density at radius 2 is 1.80 bits per heavy atom. The van der Waals surface area contributed by atoms with Crippen LogP contribution in [-0.2, 0) is 16.0 Å². The lowest BCUT2D eigenvalue weighted by atomic mass is 10.2. The number of ether oxygens (including phenoxy) is 2. The number of nitrogens with one attached hydrogen (secondary N) is 1. The van der Waals surface area contributed by atoms with Gasteiger partial charge in [0, 0.05) is 39.0 Å². The fraction of sp³-hybridized carbons (Fsp3) is 0.643. The lowest BCUT2D eigenvalue weighted by Crippen LogP contribution is -2.30. The number of nitrogens with two attached hydrogens (primary N) is 1. The monoisotopic (exact) mass is 282 g/mol. The number of hydrogen-bond acceptors (Lipinski definition) is 6. The number of nitrogens with zero attached hydrogens (tertiary/aromatic N) is 2. The standard InChI is InChI=1S/C14H26N4O2/c1-3-19-9-7-18(8-10-20-4-2)12-13-5-6-14(17-15)16-11-13/h5-6,11H,3-4,7-10,12,15H2,1-2H3,(H,16,17). The fourth-order valence-corrected chi connectivity index (χ4v) is 1.81. The van der Waals surface area contributed by atoms with E-state index in [9.17, 15) is 0 Å². The first-order chi connectivity index (χ1) is 9.80. The molecule has 0 radical (unpaired) electrons. The van der Waals surface area contributed by atoms with E-state index in [0.29, 0.717) is 5.82 Å². The molecule has 1 rings (SSSR count). The van der Waals surface area contributed by atoms with Gasteiger partial charge >= 0.3 is 0 Å². The quantitative estimate of drug-likeness (QED) is 0.361. The van der Waals surface area contributed by atoms with Crippen LogP contribution in [0.1, 0.15) is 19.4 Å². The van der Waals surface area contributed by atoms with Crippen molar-refractivity contribution in [2.24, 2.45) is 5.84 Å². The summed E-state index contributed by atoms with van der Waals surface area (Å²) in [5.41, 5.74) is 3.68. The van der Waals surface area contributed by atoms with Crippen molar-refractivity contribution in [2.75, 3.05) is 44.9 Å². The van der Waals surface area contributed by atoms with E-state index in [2.05, 4.69) is 15.3 Å². The number of anilines is 1. The minimum atomic E-state index is 0.670. The highest BCUT2D eigenvalue weighted by atomic mass is 16.5. The molecule has 0 atom stereocenters. The highest BCUT2D eigenvalue weighted by Gasteiger charge is 2.06. The minimum absolute atomic E-state index is 0.670. The molecule has 0 aliphatic rings. The summed E-state index contributed by atoms with van der Waals surface area (Å²) in [6.07, 6.45) is 1.84. The van der Waals surface area contributed by atoms with Gasteiger partial charge in [-0.1, -0.05) is 6.07 Å². The van der Waals surface area contributed by atoms with Gasteiger partial charge in [-0.05, 0) is 25.5 Å². The van der Waals surface area contributed by atoms with Gasteiger partial charge in [0.1, 0.15) is 5.82 Å². The molecule has 1 aromatic heterocycles. The van der Waals surface area contributed by atoms with E-state index in [1.165, 1.54) is 0 Å². The van der Waals surface area contributed by atoms with Gasteiger partial charge in [-0.3, -0.25) is 4.90 Å². The molecule has 114 valence electrons. The molecule has 0 aliphatic carbocycles. The Bertz CT molecular complexity index is 336. The van der Waals surface area contributed by atoms with Crippen LogP contribution in [0.15, 0.2) is 18.3 Å². The summed E-state index contributed by atoms with van der Waals surface area (Å²) in [6.45, 7) is 9.58. The van der Waals surface area contributed by atoms with Crippen molar-refractivity contribution < 1.29 is 9.47 Å². The molecule has 6 heteroatoms. The van der Waals surface area contributed by atoms with E-state index in [1.807, 2.05) is 32.2 Å². The van der Waals surface area contributed by atoms with Crippen molar-refractivity contribution in [1.82, 2.24) is 9.88 Å². The predicted octanol–water partition coefficient (Wildman–Crippen LogP) is 1.24. The third-order valence-electron chi connectivity index (χ3n) is 2.89. The smallest absolute Gasteiger partial charge is 0.139 e. The van der Waals surface area contributed by atoms with Crippen LogP contribution in [0.4, 0.5) is 5.82 Å². The largest absolute Gasteiger partial charge is 0.380 e. The van der Waals surface area contributed by atoms with Gasteiger partial charge in [-0.15, -0.1) is 0 Å². The Hall–Kier alpha value is -1.21. The van der Waals surface area contributed by atoms with Gasteiger partial charge in [0.05, 0.1) is 13.2 Å². The Morgan fingerprint density at radius 1 is 1.15 bits per heavy atom. The molecule has 0 aromatic carbocycles. The fourth-order valence-electron chi connectivity index (χ4n) is 1.81. The van der Waals surface area contributed by atoms with Crippen molar-refractivity contribution in [3.05, 3.63) is 23.9 Å². The summed E-state index contributed by atoms with van der Waals surface area (Å²) in [5, 5.41) is 0. The Morgan fingerprint density at radius 3 is 2.25 bits per heavy atom. The Kier molecular flexibility index (Phi) is 8.90. The number of nitrogen functional groups attached to an aromatic ring is 1. The van der Waals surface area contributed by atoms with Crippen LogP contribution in [0.5, 0.6) is 0 Å². The molecule has 0 fully saturated rings. The zero-order chi connectivity index (χ0) is 14.6. The molecule has 6 nitrogen and oxygen atoms in total. The minimum Gasteiger partial charge on any atom is -0.380 e. The van der Waals surface area contributed by atoms with Crippen LogP contribution >= 0.6 is 0 Å². The van der Waals surface area contributed by atoms with Crippen molar-refractivity contribution in [1.29, 1.82) is 0 Å². The molecule has 0 saturated carbocycles. The first-order valence-corrected chi connectivity index (χ1v) is 7.09. The highest BCUT2D eigenvalue weighted by molar-refractivity contribution is 5.33. The zero-order valence-electron chi connectivity index (χ0n) is 12.5. The van der Waals surface area contributed by atoms with Crippen LogP contribution in [-0.4, -0.2) is 49.4 Å². The maximum absolute atomic E-state index is 5.42. The zero-order valence-corrected chi connectivity index (χ0v) is 12.5. The molecule has 3 N–H and O–H groups in total. The molecule has 0 saturated heterocycles. The average Bonchev–Trinajstić information content (AvgIpc) is 2.48. The molecule has 0 unspecified atom stereocenters. The normalized spacial score (nSPS) is 11.0. The summed E-state index contributed by atoms with van der Waals surface area (Å²) in [7, 11) is 0. The van der Waals surface area contributed by atoms with Crippen LogP contribution in [0, 0.1) is 0 Å². The van der Waals surface area contributed by atoms with E-state index in [-0.39, 0.29) is 0 Å². The van der Waals surface area contributed by atoms with Gasteiger partial charge in [-0.2, -0.15) is 0 Å². The molecule has 0 spiro atoms. The Labute approximate surface area is 121 Å². The van der Waals surface area contributed by atoms with Gasteiger partial charge < -0.3 is 14.9 Å². The Balaban J connectivity index is 2.47. The number of hydrogen-bond donors (Lipinski definition) is 2.